The minimum atomic E-state index is -0.927. The molecule has 0 fully saturated rings. The first-order valence-corrected chi connectivity index (χ1v) is 6.32. The van der Waals surface area contributed by atoms with E-state index in [2.05, 4.69) is 5.32 Å². The summed E-state index contributed by atoms with van der Waals surface area (Å²) < 4.78 is 4.82. The van der Waals surface area contributed by atoms with Gasteiger partial charge in [0.15, 0.2) is 0 Å². The smallest absolute Gasteiger partial charge is 0.335 e. The molecular weight excluding hydrogens is 246 g/mol. The van der Waals surface area contributed by atoms with E-state index in [-0.39, 0.29) is 11.5 Å². The van der Waals surface area contributed by atoms with Gasteiger partial charge in [0, 0.05) is 13.0 Å². The van der Waals surface area contributed by atoms with E-state index in [1.54, 1.807) is 25.1 Å². The van der Waals surface area contributed by atoms with Crippen LogP contribution in [0.25, 0.3) is 0 Å². The van der Waals surface area contributed by atoms with Crippen LogP contribution in [-0.2, 0) is 16.1 Å². The Morgan fingerprint density at radius 1 is 1.37 bits per heavy atom. The topological polar surface area (TPSA) is 75.6 Å². The third kappa shape index (κ3) is 6.01. The van der Waals surface area contributed by atoms with Crippen LogP contribution in [0.4, 0.5) is 0 Å². The largest absolute Gasteiger partial charge is 0.478 e. The molecule has 0 saturated carbocycles. The number of rotatable bonds is 8. The molecule has 1 rings (SSSR count). The monoisotopic (exact) mass is 265 g/mol. The Labute approximate surface area is 112 Å². The van der Waals surface area contributed by atoms with E-state index in [1.807, 2.05) is 6.07 Å². The summed E-state index contributed by atoms with van der Waals surface area (Å²) in [6.45, 7) is 3.47. The van der Waals surface area contributed by atoms with E-state index in [4.69, 9.17) is 9.84 Å². The average Bonchev–Trinajstić information content (AvgIpc) is 2.39. The van der Waals surface area contributed by atoms with Crippen LogP contribution in [0.1, 0.15) is 35.7 Å². The van der Waals surface area contributed by atoms with Crippen molar-refractivity contribution in [3.63, 3.8) is 0 Å². The Kier molecular flexibility index (Phi) is 6.60. The van der Waals surface area contributed by atoms with Crippen molar-refractivity contribution in [3.05, 3.63) is 35.4 Å². The average molecular weight is 265 g/mol. The van der Waals surface area contributed by atoms with Gasteiger partial charge >= 0.3 is 11.9 Å². The van der Waals surface area contributed by atoms with Crippen LogP contribution in [0.2, 0.25) is 0 Å². The summed E-state index contributed by atoms with van der Waals surface area (Å²) in [5.41, 5.74) is 1.20. The molecule has 1 aromatic rings. The lowest BCUT2D eigenvalue weighted by molar-refractivity contribution is -0.143. The van der Waals surface area contributed by atoms with Crippen LogP contribution in [0.5, 0.6) is 0 Å². The van der Waals surface area contributed by atoms with E-state index in [0.29, 0.717) is 32.5 Å². The molecule has 5 nitrogen and oxygen atoms in total. The van der Waals surface area contributed by atoms with Crippen LogP contribution >= 0.6 is 0 Å². The van der Waals surface area contributed by atoms with Gasteiger partial charge in [-0.05, 0) is 37.6 Å². The Hall–Kier alpha value is -1.88. The molecule has 0 amide bonds. The number of carboxylic acid groups (broad SMARTS) is 1. The van der Waals surface area contributed by atoms with Crippen LogP contribution in [-0.4, -0.2) is 30.2 Å². The molecule has 5 heteroatoms. The second kappa shape index (κ2) is 8.26. The second-order valence-electron chi connectivity index (χ2n) is 4.09. The third-order valence-corrected chi connectivity index (χ3v) is 2.54. The summed E-state index contributed by atoms with van der Waals surface area (Å²) in [5, 5.41) is 12.0. The molecule has 0 atom stereocenters. The highest BCUT2D eigenvalue weighted by molar-refractivity contribution is 5.87. The van der Waals surface area contributed by atoms with Crippen molar-refractivity contribution in [1.29, 1.82) is 0 Å². The molecule has 1 aromatic carbocycles. The number of carboxylic acids is 1. The SMILES string of the molecule is CCOC(=O)CCCNCc1cccc(C(=O)O)c1. The van der Waals surface area contributed by atoms with Gasteiger partial charge in [0.2, 0.25) is 0 Å². The molecule has 0 aliphatic carbocycles. The van der Waals surface area contributed by atoms with Crippen molar-refractivity contribution in [3.8, 4) is 0 Å². The zero-order valence-corrected chi connectivity index (χ0v) is 11.0. The van der Waals surface area contributed by atoms with E-state index in [9.17, 15) is 9.59 Å². The Morgan fingerprint density at radius 2 is 2.16 bits per heavy atom. The van der Waals surface area contributed by atoms with Crippen LogP contribution < -0.4 is 5.32 Å². The first kappa shape index (κ1) is 15.2. The molecule has 19 heavy (non-hydrogen) atoms. The number of carbonyl (C=O) groups is 2. The van der Waals surface area contributed by atoms with E-state index >= 15 is 0 Å². The molecule has 0 aliphatic rings. The van der Waals surface area contributed by atoms with Gasteiger partial charge in [-0.1, -0.05) is 12.1 Å². The third-order valence-electron chi connectivity index (χ3n) is 2.54. The normalized spacial score (nSPS) is 10.2. The lowest BCUT2D eigenvalue weighted by atomic mass is 10.1. The number of ether oxygens (including phenoxy) is 1. The molecule has 0 bridgehead atoms. The minimum absolute atomic E-state index is 0.183. The Bertz CT molecular complexity index is 431. The van der Waals surface area contributed by atoms with Crippen molar-refractivity contribution in [2.45, 2.75) is 26.3 Å². The zero-order valence-electron chi connectivity index (χ0n) is 11.0. The maximum Gasteiger partial charge on any atom is 0.335 e. The van der Waals surface area contributed by atoms with Crippen molar-refractivity contribution in [1.82, 2.24) is 5.32 Å². The number of carbonyl (C=O) groups excluding carboxylic acids is 1. The zero-order chi connectivity index (χ0) is 14.1. The maximum absolute atomic E-state index is 11.1. The summed E-state index contributed by atoms with van der Waals surface area (Å²) in [5.74, 6) is -1.11. The summed E-state index contributed by atoms with van der Waals surface area (Å²) in [4.78, 5) is 21.9. The molecule has 0 saturated heterocycles. The summed E-state index contributed by atoms with van der Waals surface area (Å²) >= 11 is 0. The number of hydrogen-bond donors (Lipinski definition) is 2. The molecule has 0 aromatic heterocycles. The molecule has 0 aliphatic heterocycles. The van der Waals surface area contributed by atoms with Crippen molar-refractivity contribution >= 4 is 11.9 Å². The van der Waals surface area contributed by atoms with Crippen LogP contribution in [0.3, 0.4) is 0 Å². The highest BCUT2D eigenvalue weighted by Gasteiger charge is 2.03. The predicted molar refractivity (Wildman–Crippen MR) is 71.0 cm³/mol. The van der Waals surface area contributed by atoms with Gasteiger partial charge in [-0.3, -0.25) is 4.79 Å². The number of hydrogen-bond acceptors (Lipinski definition) is 4. The van der Waals surface area contributed by atoms with Gasteiger partial charge in [0.05, 0.1) is 12.2 Å². The molecule has 0 radical (unpaired) electrons. The van der Waals surface area contributed by atoms with E-state index in [0.717, 1.165) is 5.56 Å². The second-order valence-corrected chi connectivity index (χ2v) is 4.09. The van der Waals surface area contributed by atoms with Crippen molar-refractivity contribution in [2.75, 3.05) is 13.2 Å². The summed E-state index contributed by atoms with van der Waals surface area (Å²) in [6, 6.07) is 6.79. The lowest BCUT2D eigenvalue weighted by Gasteiger charge is -2.05. The molecule has 2 N–H and O–H groups in total. The predicted octanol–water partition coefficient (Wildman–Crippen LogP) is 1.82. The Balaban J connectivity index is 2.24. The minimum Gasteiger partial charge on any atom is -0.478 e. The molecule has 104 valence electrons. The van der Waals surface area contributed by atoms with Crippen LogP contribution in [0.15, 0.2) is 24.3 Å². The lowest BCUT2D eigenvalue weighted by Crippen LogP contribution is -2.16. The fourth-order valence-corrected chi connectivity index (χ4v) is 1.64. The molecule has 0 unspecified atom stereocenters. The maximum atomic E-state index is 11.1. The number of esters is 1. The quantitative estimate of drug-likeness (QED) is 0.554. The number of benzene rings is 1. The van der Waals surface area contributed by atoms with Crippen LogP contribution in [0, 0.1) is 0 Å². The molecule has 0 spiro atoms. The van der Waals surface area contributed by atoms with Gasteiger partial charge < -0.3 is 15.2 Å². The van der Waals surface area contributed by atoms with Gasteiger partial charge in [-0.2, -0.15) is 0 Å². The van der Waals surface area contributed by atoms with Gasteiger partial charge in [-0.25, -0.2) is 4.79 Å². The molecule has 0 heterocycles. The first-order chi connectivity index (χ1) is 9.13. The fraction of sp³-hybridized carbons (Fsp3) is 0.429. The standard InChI is InChI=1S/C14H19NO4/c1-2-19-13(16)7-4-8-15-10-11-5-3-6-12(9-11)14(17)18/h3,5-6,9,15H,2,4,7-8,10H2,1H3,(H,17,18). The highest BCUT2D eigenvalue weighted by atomic mass is 16.5. The van der Waals surface area contributed by atoms with Gasteiger partial charge in [0.25, 0.3) is 0 Å². The van der Waals surface area contributed by atoms with Gasteiger partial charge in [0.1, 0.15) is 0 Å². The van der Waals surface area contributed by atoms with Gasteiger partial charge in [-0.15, -0.1) is 0 Å². The van der Waals surface area contributed by atoms with E-state index < -0.39 is 5.97 Å². The number of nitrogens with one attached hydrogen (secondary N) is 1. The summed E-state index contributed by atoms with van der Waals surface area (Å²) in [6.07, 6.45) is 1.10. The fourth-order valence-electron chi connectivity index (χ4n) is 1.64. The Morgan fingerprint density at radius 3 is 2.84 bits per heavy atom. The number of aromatic carboxylic acids is 1. The van der Waals surface area contributed by atoms with Crippen molar-refractivity contribution < 1.29 is 19.4 Å². The van der Waals surface area contributed by atoms with Crippen molar-refractivity contribution in [2.24, 2.45) is 0 Å². The molecular formula is C14H19NO4. The highest BCUT2D eigenvalue weighted by Crippen LogP contribution is 2.05. The van der Waals surface area contributed by atoms with E-state index in [1.165, 1.54) is 0 Å². The first-order valence-electron chi connectivity index (χ1n) is 6.32. The summed E-state index contributed by atoms with van der Waals surface area (Å²) in [7, 11) is 0.